The van der Waals surface area contributed by atoms with Gasteiger partial charge in [-0.05, 0) is 55.0 Å². The Morgan fingerprint density at radius 2 is 1.19 bits per heavy atom. The van der Waals surface area contributed by atoms with Crippen LogP contribution in [-0.2, 0) is 9.59 Å². The highest BCUT2D eigenvalue weighted by Gasteiger charge is 2.37. The number of rotatable bonds is 3. The van der Waals surface area contributed by atoms with Crippen LogP contribution in [0.1, 0.15) is 19.8 Å². The van der Waals surface area contributed by atoms with Crippen LogP contribution in [0.25, 0.3) is 0 Å². The van der Waals surface area contributed by atoms with Crippen molar-refractivity contribution < 1.29 is 9.59 Å². The fourth-order valence-corrected chi connectivity index (χ4v) is 2.82. The summed E-state index contributed by atoms with van der Waals surface area (Å²) in [5.74, 6) is -1.19. The van der Waals surface area contributed by atoms with Crippen LogP contribution in [0.4, 0.5) is 22.7 Å². The monoisotopic (exact) mass is 348 g/mol. The van der Waals surface area contributed by atoms with Crippen molar-refractivity contribution in [3.63, 3.8) is 0 Å². The topological polar surface area (TPSA) is 111 Å². The predicted molar refractivity (Wildman–Crippen MR) is 104 cm³/mol. The van der Waals surface area contributed by atoms with Gasteiger partial charge in [-0.2, -0.15) is 0 Å². The predicted octanol–water partition coefficient (Wildman–Crippen LogP) is 3.26. The molecule has 1 saturated carbocycles. The third-order valence-corrected chi connectivity index (χ3v) is 4.26. The van der Waals surface area contributed by atoms with Crippen molar-refractivity contribution in [2.24, 2.45) is 15.9 Å². The van der Waals surface area contributed by atoms with E-state index in [0.29, 0.717) is 40.6 Å². The maximum atomic E-state index is 12.6. The Morgan fingerprint density at radius 3 is 1.54 bits per heavy atom. The highest BCUT2D eigenvalue weighted by atomic mass is 16.2. The summed E-state index contributed by atoms with van der Waals surface area (Å²) in [6.45, 7) is 1.81. The fourth-order valence-electron chi connectivity index (χ4n) is 2.82. The molecule has 0 aliphatic heterocycles. The molecule has 6 nitrogen and oxygen atoms in total. The Hall–Kier alpha value is -3.28. The molecular weight excluding hydrogens is 328 g/mol. The molecule has 1 aliphatic rings. The minimum absolute atomic E-state index is 0.114. The van der Waals surface area contributed by atoms with Crippen molar-refractivity contribution in [3.8, 4) is 0 Å². The molecule has 4 N–H and O–H groups in total. The second-order valence-electron chi connectivity index (χ2n) is 6.17. The second kappa shape index (κ2) is 7.31. The van der Waals surface area contributed by atoms with Gasteiger partial charge in [0.1, 0.15) is 0 Å². The highest BCUT2D eigenvalue weighted by molar-refractivity contribution is 6.62. The van der Waals surface area contributed by atoms with Gasteiger partial charge in [0.15, 0.2) is 11.6 Å². The van der Waals surface area contributed by atoms with Crippen molar-refractivity contribution >= 4 is 45.7 Å². The zero-order chi connectivity index (χ0) is 18.7. The summed E-state index contributed by atoms with van der Waals surface area (Å²) >= 11 is 0. The van der Waals surface area contributed by atoms with Gasteiger partial charge in [0.05, 0.1) is 28.7 Å². The van der Waals surface area contributed by atoms with Crippen LogP contribution in [-0.4, -0.2) is 23.0 Å². The first-order chi connectivity index (χ1) is 12.5. The molecule has 1 aliphatic carbocycles. The van der Waals surface area contributed by atoms with E-state index in [4.69, 9.17) is 11.5 Å². The lowest BCUT2D eigenvalue weighted by atomic mass is 9.82. The Labute approximate surface area is 151 Å². The third-order valence-electron chi connectivity index (χ3n) is 4.26. The third kappa shape index (κ3) is 3.69. The molecule has 0 saturated heterocycles. The first-order valence-corrected chi connectivity index (χ1v) is 8.42. The minimum Gasteiger partial charge on any atom is -0.399 e. The maximum Gasteiger partial charge on any atom is 0.188 e. The lowest BCUT2D eigenvalue weighted by Gasteiger charge is -2.21. The van der Waals surface area contributed by atoms with E-state index in [2.05, 4.69) is 9.98 Å². The summed E-state index contributed by atoms with van der Waals surface area (Å²) in [5.41, 5.74) is 14.5. The number of nitrogens with zero attached hydrogens (tertiary/aromatic N) is 2. The Balaban J connectivity index is 1.98. The molecule has 0 bridgehead atoms. The van der Waals surface area contributed by atoms with E-state index in [1.807, 2.05) is 6.92 Å². The number of carbonyl (C=O) groups is 2. The second-order valence-corrected chi connectivity index (χ2v) is 6.17. The van der Waals surface area contributed by atoms with Gasteiger partial charge in [-0.1, -0.05) is 6.92 Å². The average Bonchev–Trinajstić information content (AvgIpc) is 2.63. The molecule has 0 unspecified atom stereocenters. The number of aliphatic imine (C=N–C) groups is 2. The van der Waals surface area contributed by atoms with Gasteiger partial charge in [-0.15, -0.1) is 0 Å². The van der Waals surface area contributed by atoms with E-state index in [9.17, 15) is 9.59 Å². The number of carbonyl (C=O) groups excluding carboxylic acids is 2. The molecule has 1 fully saturated rings. The van der Waals surface area contributed by atoms with Gasteiger partial charge in [-0.25, -0.2) is 9.98 Å². The van der Waals surface area contributed by atoms with E-state index in [1.165, 1.54) is 0 Å². The van der Waals surface area contributed by atoms with E-state index in [1.54, 1.807) is 48.5 Å². The number of hydrogen-bond acceptors (Lipinski definition) is 6. The molecule has 0 aromatic heterocycles. The van der Waals surface area contributed by atoms with Crippen LogP contribution in [0.2, 0.25) is 0 Å². The lowest BCUT2D eigenvalue weighted by Crippen LogP contribution is -2.41. The first kappa shape index (κ1) is 17.5. The summed E-state index contributed by atoms with van der Waals surface area (Å²) in [7, 11) is 0. The lowest BCUT2D eigenvalue weighted by molar-refractivity contribution is -0.126. The maximum absolute atomic E-state index is 12.6. The van der Waals surface area contributed by atoms with Crippen molar-refractivity contribution in [1.82, 2.24) is 0 Å². The molecular formula is C20H20N4O2. The summed E-state index contributed by atoms with van der Waals surface area (Å²) in [6, 6.07) is 13.8. The molecule has 0 spiro atoms. The molecule has 2 aromatic rings. The standard InChI is InChI=1S/C20H20N4O2/c1-2-16-19(25)17(23-14-7-3-12(21)4-8-14)11-18(20(16)26)24-15-9-5-13(22)6-10-15/h3-10,16H,2,11,21-22H2,1H3. The van der Waals surface area contributed by atoms with Gasteiger partial charge in [0, 0.05) is 17.8 Å². The molecule has 0 heterocycles. The van der Waals surface area contributed by atoms with E-state index in [-0.39, 0.29) is 18.0 Å². The number of nitrogen functional groups attached to an aromatic ring is 2. The molecule has 26 heavy (non-hydrogen) atoms. The van der Waals surface area contributed by atoms with Crippen molar-refractivity contribution in [1.29, 1.82) is 0 Å². The molecule has 0 amide bonds. The van der Waals surface area contributed by atoms with Crippen LogP contribution in [0, 0.1) is 5.92 Å². The minimum atomic E-state index is -0.733. The molecule has 0 radical (unpaired) electrons. The number of Topliss-reactive ketones (excluding diaryl/α,β-unsaturated/α-hetero) is 2. The fraction of sp³-hybridized carbons (Fsp3) is 0.200. The zero-order valence-electron chi connectivity index (χ0n) is 14.5. The number of hydrogen-bond donors (Lipinski definition) is 2. The number of benzene rings is 2. The van der Waals surface area contributed by atoms with E-state index >= 15 is 0 Å². The van der Waals surface area contributed by atoms with Crippen LogP contribution >= 0.6 is 0 Å². The van der Waals surface area contributed by atoms with Gasteiger partial charge < -0.3 is 11.5 Å². The normalized spacial score (nSPS) is 20.7. The summed E-state index contributed by atoms with van der Waals surface area (Å²) in [5, 5.41) is 0. The SMILES string of the molecule is CCC1C(=O)C(=Nc2ccc(N)cc2)CC(=Nc2ccc(N)cc2)C1=O. The number of ketones is 2. The molecule has 3 rings (SSSR count). The summed E-state index contributed by atoms with van der Waals surface area (Å²) < 4.78 is 0. The van der Waals surface area contributed by atoms with Gasteiger partial charge in [0.2, 0.25) is 0 Å². The Morgan fingerprint density at radius 1 is 0.808 bits per heavy atom. The largest absolute Gasteiger partial charge is 0.399 e. The van der Waals surface area contributed by atoms with Gasteiger partial charge in [0.25, 0.3) is 0 Å². The van der Waals surface area contributed by atoms with Gasteiger partial charge >= 0.3 is 0 Å². The average molecular weight is 348 g/mol. The summed E-state index contributed by atoms with van der Waals surface area (Å²) in [6.07, 6.45) is 0.530. The Bertz CT molecular complexity index is 823. The smallest absolute Gasteiger partial charge is 0.188 e. The quantitative estimate of drug-likeness (QED) is 0.655. The van der Waals surface area contributed by atoms with Crippen molar-refractivity contribution in [2.75, 3.05) is 11.5 Å². The zero-order valence-corrected chi connectivity index (χ0v) is 14.5. The van der Waals surface area contributed by atoms with Crippen LogP contribution in [0.3, 0.4) is 0 Å². The van der Waals surface area contributed by atoms with Crippen molar-refractivity contribution in [2.45, 2.75) is 19.8 Å². The Kier molecular flexibility index (Phi) is 4.93. The van der Waals surface area contributed by atoms with E-state index < -0.39 is 5.92 Å². The number of nitrogens with two attached hydrogens (primary N) is 2. The van der Waals surface area contributed by atoms with Crippen LogP contribution < -0.4 is 11.5 Å². The highest BCUT2D eigenvalue weighted by Crippen LogP contribution is 2.24. The van der Waals surface area contributed by atoms with Crippen LogP contribution in [0.15, 0.2) is 58.5 Å². The van der Waals surface area contributed by atoms with Crippen LogP contribution in [0.5, 0.6) is 0 Å². The summed E-state index contributed by atoms with van der Waals surface area (Å²) in [4.78, 5) is 34.1. The first-order valence-electron chi connectivity index (χ1n) is 8.42. The van der Waals surface area contributed by atoms with Gasteiger partial charge in [-0.3, -0.25) is 9.59 Å². The molecule has 132 valence electrons. The molecule has 2 aromatic carbocycles. The van der Waals surface area contributed by atoms with E-state index in [0.717, 1.165) is 0 Å². The molecule has 6 heteroatoms. The van der Waals surface area contributed by atoms with Crippen molar-refractivity contribution in [3.05, 3.63) is 48.5 Å². The molecule has 0 atom stereocenters. The number of anilines is 2.